The van der Waals surface area contributed by atoms with E-state index in [9.17, 15) is 5.11 Å². The van der Waals surface area contributed by atoms with Crippen LogP contribution in [0.5, 0.6) is 5.75 Å². The molecule has 1 heterocycles. The summed E-state index contributed by atoms with van der Waals surface area (Å²) in [6.07, 6.45) is -0.527. The Hall–Kier alpha value is -1.11. The third-order valence-electron chi connectivity index (χ3n) is 2.90. The summed E-state index contributed by atoms with van der Waals surface area (Å²) in [4.78, 5) is 0. The van der Waals surface area contributed by atoms with E-state index in [-0.39, 0.29) is 12.0 Å². The van der Waals surface area contributed by atoms with Gasteiger partial charge in [0.15, 0.2) is 4.34 Å². The number of nitrogens with zero attached hydrogens (tertiary/aromatic N) is 2. The van der Waals surface area contributed by atoms with Gasteiger partial charge in [0.05, 0.1) is 6.10 Å². The molecule has 1 aromatic carbocycles. The molecule has 21 heavy (non-hydrogen) atoms. The molecular weight excluding hydrogens is 304 g/mol. The van der Waals surface area contributed by atoms with Gasteiger partial charge in [0.25, 0.3) is 0 Å². The van der Waals surface area contributed by atoms with Crippen LogP contribution < -0.4 is 4.74 Å². The third-order valence-corrected chi connectivity index (χ3v) is 4.91. The van der Waals surface area contributed by atoms with Crippen molar-refractivity contribution in [3.63, 3.8) is 0 Å². The second-order valence-electron chi connectivity index (χ2n) is 5.75. The van der Waals surface area contributed by atoms with Crippen LogP contribution in [-0.2, 0) is 5.41 Å². The van der Waals surface area contributed by atoms with Gasteiger partial charge in [-0.3, -0.25) is 0 Å². The summed E-state index contributed by atoms with van der Waals surface area (Å²) in [6, 6.07) is 8.03. The lowest BCUT2D eigenvalue weighted by Gasteiger charge is -2.19. The molecule has 0 radical (unpaired) electrons. The Labute approximate surface area is 133 Å². The summed E-state index contributed by atoms with van der Waals surface area (Å²) in [5.74, 6) is 1.33. The molecule has 0 spiro atoms. The number of ether oxygens (including phenoxy) is 1. The molecule has 0 aliphatic carbocycles. The van der Waals surface area contributed by atoms with Crippen LogP contribution >= 0.6 is 23.1 Å². The molecule has 4 nitrogen and oxygen atoms in total. The monoisotopic (exact) mass is 324 g/mol. The highest BCUT2D eigenvalue weighted by atomic mass is 32.2. The van der Waals surface area contributed by atoms with Crippen LogP contribution in [0.25, 0.3) is 0 Å². The first-order chi connectivity index (χ1) is 9.95. The molecule has 0 amide bonds. The van der Waals surface area contributed by atoms with E-state index in [1.54, 1.807) is 5.51 Å². The lowest BCUT2D eigenvalue weighted by atomic mass is 9.87. The quantitative estimate of drug-likeness (QED) is 0.826. The van der Waals surface area contributed by atoms with Crippen molar-refractivity contribution < 1.29 is 9.84 Å². The molecular formula is C15H20N2O2S2. The first-order valence-electron chi connectivity index (χ1n) is 6.75. The second kappa shape index (κ2) is 7.24. The lowest BCUT2D eigenvalue weighted by Crippen LogP contribution is -2.20. The first kappa shape index (κ1) is 16.3. The van der Waals surface area contributed by atoms with Crippen molar-refractivity contribution in [1.82, 2.24) is 10.2 Å². The molecule has 2 rings (SSSR count). The standard InChI is InChI=1S/C15H20N2O2S2/c1-15(2,3)11-4-6-13(7-5-11)19-8-12(18)9-20-14-17-16-10-21-14/h4-7,10,12,18H,8-9H2,1-3H3/t12-/m1/s1. The number of aliphatic hydroxyl groups excluding tert-OH is 1. The minimum atomic E-state index is -0.527. The van der Waals surface area contributed by atoms with Crippen LogP contribution in [0, 0.1) is 0 Å². The predicted octanol–water partition coefficient (Wildman–Crippen LogP) is 3.37. The highest BCUT2D eigenvalue weighted by Crippen LogP contribution is 2.24. The number of hydrogen-bond donors (Lipinski definition) is 1. The molecule has 6 heteroatoms. The van der Waals surface area contributed by atoms with Crippen LogP contribution in [0.3, 0.4) is 0 Å². The van der Waals surface area contributed by atoms with Crippen LogP contribution in [0.1, 0.15) is 26.3 Å². The summed E-state index contributed by atoms with van der Waals surface area (Å²) in [7, 11) is 0. The average Bonchev–Trinajstić information content (AvgIpc) is 2.95. The summed E-state index contributed by atoms with van der Waals surface area (Å²) < 4.78 is 6.47. The summed E-state index contributed by atoms with van der Waals surface area (Å²) in [5, 5.41) is 17.6. The molecule has 1 aromatic heterocycles. The van der Waals surface area contributed by atoms with Crippen molar-refractivity contribution in [2.24, 2.45) is 0 Å². The van der Waals surface area contributed by atoms with E-state index in [2.05, 4.69) is 43.1 Å². The number of benzene rings is 1. The lowest BCUT2D eigenvalue weighted by molar-refractivity contribution is 0.126. The molecule has 1 atom stereocenters. The van der Waals surface area contributed by atoms with Gasteiger partial charge in [-0.05, 0) is 23.1 Å². The molecule has 0 saturated carbocycles. The van der Waals surface area contributed by atoms with Crippen molar-refractivity contribution in [3.8, 4) is 5.75 Å². The van der Waals surface area contributed by atoms with Gasteiger partial charge in [-0.25, -0.2) is 0 Å². The smallest absolute Gasteiger partial charge is 0.174 e. The molecule has 0 fully saturated rings. The Kier molecular flexibility index (Phi) is 5.61. The third kappa shape index (κ3) is 5.30. The molecule has 114 valence electrons. The minimum absolute atomic E-state index is 0.135. The van der Waals surface area contributed by atoms with Gasteiger partial charge < -0.3 is 9.84 Å². The van der Waals surface area contributed by atoms with E-state index in [1.165, 1.54) is 28.7 Å². The fraction of sp³-hybridized carbons (Fsp3) is 0.467. The zero-order chi connectivity index (χ0) is 15.3. The topological polar surface area (TPSA) is 55.2 Å². The van der Waals surface area contributed by atoms with Crippen LogP contribution in [0.15, 0.2) is 34.1 Å². The number of aromatic nitrogens is 2. The maximum absolute atomic E-state index is 9.90. The number of rotatable bonds is 6. The maximum Gasteiger partial charge on any atom is 0.174 e. The van der Waals surface area contributed by atoms with Crippen LogP contribution in [0.4, 0.5) is 0 Å². The minimum Gasteiger partial charge on any atom is -0.491 e. The van der Waals surface area contributed by atoms with Crippen molar-refractivity contribution in [3.05, 3.63) is 35.3 Å². The molecule has 0 aliphatic rings. The number of aliphatic hydroxyl groups is 1. The van der Waals surface area contributed by atoms with Crippen molar-refractivity contribution in [2.75, 3.05) is 12.4 Å². The average molecular weight is 324 g/mol. The molecule has 0 saturated heterocycles. The summed E-state index contributed by atoms with van der Waals surface area (Å²) in [5.41, 5.74) is 3.08. The fourth-order valence-corrected chi connectivity index (χ4v) is 3.11. The Balaban J connectivity index is 1.77. The van der Waals surface area contributed by atoms with Crippen LogP contribution in [-0.4, -0.2) is 33.8 Å². The first-order valence-corrected chi connectivity index (χ1v) is 8.62. The molecule has 0 bridgehead atoms. The number of hydrogen-bond acceptors (Lipinski definition) is 6. The van der Waals surface area contributed by atoms with E-state index >= 15 is 0 Å². The highest BCUT2D eigenvalue weighted by Gasteiger charge is 2.13. The number of thioether (sulfide) groups is 1. The van der Waals surface area contributed by atoms with E-state index in [0.717, 1.165) is 10.1 Å². The van der Waals surface area contributed by atoms with E-state index in [4.69, 9.17) is 4.74 Å². The summed E-state index contributed by atoms with van der Waals surface area (Å²) in [6.45, 7) is 6.81. The Bertz CT molecular complexity index is 536. The molecule has 0 unspecified atom stereocenters. The van der Waals surface area contributed by atoms with Crippen LogP contribution in [0.2, 0.25) is 0 Å². The molecule has 2 aromatic rings. The Morgan fingerprint density at radius 3 is 2.57 bits per heavy atom. The largest absolute Gasteiger partial charge is 0.491 e. The van der Waals surface area contributed by atoms with Crippen molar-refractivity contribution in [1.29, 1.82) is 0 Å². The Morgan fingerprint density at radius 2 is 2.00 bits per heavy atom. The highest BCUT2D eigenvalue weighted by molar-refractivity contribution is 8.01. The van der Waals surface area contributed by atoms with E-state index < -0.39 is 6.10 Å². The molecule has 1 N–H and O–H groups in total. The normalized spacial score (nSPS) is 13.1. The van der Waals surface area contributed by atoms with Gasteiger partial charge in [-0.1, -0.05) is 56.0 Å². The zero-order valence-electron chi connectivity index (χ0n) is 12.4. The van der Waals surface area contributed by atoms with Gasteiger partial charge in [0.1, 0.15) is 17.9 Å². The summed E-state index contributed by atoms with van der Waals surface area (Å²) >= 11 is 2.96. The van der Waals surface area contributed by atoms with Gasteiger partial charge >= 0.3 is 0 Å². The molecule has 0 aliphatic heterocycles. The van der Waals surface area contributed by atoms with Gasteiger partial charge in [-0.15, -0.1) is 10.2 Å². The SMILES string of the molecule is CC(C)(C)c1ccc(OC[C@@H](O)CSc2nncs2)cc1. The predicted molar refractivity (Wildman–Crippen MR) is 87.3 cm³/mol. The second-order valence-corrected chi connectivity index (χ2v) is 7.86. The maximum atomic E-state index is 9.90. The van der Waals surface area contributed by atoms with Gasteiger partial charge in [-0.2, -0.15) is 0 Å². The van der Waals surface area contributed by atoms with Gasteiger partial charge in [0, 0.05) is 5.75 Å². The van der Waals surface area contributed by atoms with E-state index in [0.29, 0.717) is 5.75 Å². The Morgan fingerprint density at radius 1 is 1.29 bits per heavy atom. The fourth-order valence-electron chi connectivity index (χ4n) is 1.68. The van der Waals surface area contributed by atoms with Crippen molar-refractivity contribution in [2.45, 2.75) is 36.6 Å². The van der Waals surface area contributed by atoms with Gasteiger partial charge in [0.2, 0.25) is 0 Å². The zero-order valence-corrected chi connectivity index (χ0v) is 14.1. The van der Waals surface area contributed by atoms with E-state index in [1.807, 2.05) is 12.1 Å². The van der Waals surface area contributed by atoms with Crippen molar-refractivity contribution >= 4 is 23.1 Å².